The van der Waals surface area contributed by atoms with Crippen molar-refractivity contribution in [1.82, 2.24) is 4.90 Å². The van der Waals surface area contributed by atoms with Crippen molar-refractivity contribution >= 4 is 11.9 Å². The number of fused-ring (bicyclic) bond motifs is 5. The van der Waals surface area contributed by atoms with Crippen molar-refractivity contribution < 1.29 is 14.7 Å². The zero-order chi connectivity index (χ0) is 14.9. The number of carboxylic acid groups (broad SMARTS) is 1. The number of carboxylic acids is 1. The molecular weight excluding hydrogens is 266 g/mol. The summed E-state index contributed by atoms with van der Waals surface area (Å²) in [5.41, 5.74) is -0.317. The number of hydrogen-bond acceptors (Lipinski definition) is 2. The van der Waals surface area contributed by atoms with Gasteiger partial charge in [-0.3, -0.25) is 4.79 Å². The minimum Gasteiger partial charge on any atom is -0.480 e. The summed E-state index contributed by atoms with van der Waals surface area (Å²) in [5.74, 6) is 2.19. The lowest BCUT2D eigenvalue weighted by molar-refractivity contribution is -0.160. The van der Waals surface area contributed by atoms with Gasteiger partial charge in [0, 0.05) is 12.5 Å². The highest BCUT2D eigenvalue weighted by Crippen LogP contribution is 2.69. The monoisotopic (exact) mass is 291 g/mol. The summed E-state index contributed by atoms with van der Waals surface area (Å²) in [7, 11) is 0. The van der Waals surface area contributed by atoms with Crippen LogP contribution in [0.2, 0.25) is 0 Å². The predicted molar refractivity (Wildman–Crippen MR) is 77.5 cm³/mol. The van der Waals surface area contributed by atoms with Gasteiger partial charge in [0.1, 0.15) is 6.04 Å². The molecule has 5 unspecified atom stereocenters. The summed E-state index contributed by atoms with van der Waals surface area (Å²) in [6.45, 7) is 4.61. The van der Waals surface area contributed by atoms with Crippen LogP contribution in [0.15, 0.2) is 0 Å². The quantitative estimate of drug-likeness (QED) is 0.850. The van der Waals surface area contributed by atoms with E-state index in [1.807, 2.05) is 13.8 Å². The van der Waals surface area contributed by atoms with Gasteiger partial charge in [0.2, 0.25) is 5.91 Å². The van der Waals surface area contributed by atoms with Crippen LogP contribution in [0.4, 0.5) is 0 Å². The topological polar surface area (TPSA) is 57.6 Å². The molecule has 21 heavy (non-hydrogen) atoms. The first-order chi connectivity index (χ1) is 9.92. The highest BCUT2D eigenvalue weighted by Gasteiger charge is 2.68. The van der Waals surface area contributed by atoms with E-state index in [1.165, 1.54) is 19.3 Å². The molecule has 0 aromatic rings. The van der Waals surface area contributed by atoms with Gasteiger partial charge in [0.15, 0.2) is 0 Å². The molecule has 1 heterocycles. The first-order valence-electron chi connectivity index (χ1n) is 8.45. The van der Waals surface area contributed by atoms with Crippen LogP contribution < -0.4 is 0 Å². The molecule has 1 aliphatic heterocycles. The second-order valence-corrected chi connectivity index (χ2v) is 8.38. The predicted octanol–water partition coefficient (Wildman–Crippen LogP) is 2.38. The number of amides is 1. The lowest BCUT2D eigenvalue weighted by Gasteiger charge is -2.44. The normalized spacial score (nSPS) is 46.3. The number of carbonyl (C=O) groups excluding carboxylic acids is 1. The first kappa shape index (κ1) is 13.6. The van der Waals surface area contributed by atoms with Gasteiger partial charge >= 0.3 is 5.97 Å². The van der Waals surface area contributed by atoms with E-state index in [2.05, 4.69) is 0 Å². The standard InChI is InChI=1S/C17H25NO3/c1-17(2)6-3-7-18(14(17)16(20)21)15(19)13-11-9-4-5-10(8-9)12(11)13/h9-14H,3-8H2,1-2H3,(H,20,21). The fourth-order valence-electron chi connectivity index (χ4n) is 5.94. The Morgan fingerprint density at radius 3 is 2.33 bits per heavy atom. The van der Waals surface area contributed by atoms with Crippen LogP contribution in [-0.4, -0.2) is 34.5 Å². The van der Waals surface area contributed by atoms with Gasteiger partial charge in [0.05, 0.1) is 0 Å². The highest BCUT2D eigenvalue weighted by molar-refractivity contribution is 5.88. The lowest BCUT2D eigenvalue weighted by atomic mass is 9.76. The van der Waals surface area contributed by atoms with E-state index in [0.717, 1.165) is 24.7 Å². The lowest BCUT2D eigenvalue weighted by Crippen LogP contribution is -2.57. The van der Waals surface area contributed by atoms with Crippen molar-refractivity contribution in [2.24, 2.45) is 35.0 Å². The minimum atomic E-state index is -0.832. The molecule has 1 N–H and O–H groups in total. The fraction of sp³-hybridized carbons (Fsp3) is 0.882. The molecule has 0 aromatic carbocycles. The van der Waals surface area contributed by atoms with Gasteiger partial charge in [-0.2, -0.15) is 0 Å². The Kier molecular flexibility index (Phi) is 2.74. The van der Waals surface area contributed by atoms with Gasteiger partial charge in [-0.1, -0.05) is 13.8 Å². The molecule has 5 atom stereocenters. The average molecular weight is 291 g/mol. The van der Waals surface area contributed by atoms with Crippen LogP contribution in [0.5, 0.6) is 0 Å². The van der Waals surface area contributed by atoms with E-state index in [0.29, 0.717) is 18.4 Å². The molecule has 1 amide bonds. The number of rotatable bonds is 2. The molecule has 4 fully saturated rings. The largest absolute Gasteiger partial charge is 0.480 e. The van der Waals surface area contributed by atoms with Crippen molar-refractivity contribution in [3.05, 3.63) is 0 Å². The maximum atomic E-state index is 13.0. The van der Waals surface area contributed by atoms with Gasteiger partial charge < -0.3 is 10.0 Å². The molecule has 1 saturated heterocycles. The van der Waals surface area contributed by atoms with Crippen LogP contribution in [-0.2, 0) is 9.59 Å². The van der Waals surface area contributed by atoms with E-state index in [9.17, 15) is 14.7 Å². The molecule has 3 aliphatic carbocycles. The van der Waals surface area contributed by atoms with Gasteiger partial charge in [-0.15, -0.1) is 0 Å². The molecule has 3 saturated carbocycles. The summed E-state index contributed by atoms with van der Waals surface area (Å²) in [5, 5.41) is 9.62. The molecule has 4 heteroatoms. The number of hydrogen-bond donors (Lipinski definition) is 1. The smallest absolute Gasteiger partial charge is 0.326 e. The highest BCUT2D eigenvalue weighted by atomic mass is 16.4. The average Bonchev–Trinajstić information content (AvgIpc) is 2.83. The van der Waals surface area contributed by atoms with E-state index >= 15 is 0 Å². The Balaban J connectivity index is 1.55. The summed E-state index contributed by atoms with van der Waals surface area (Å²) < 4.78 is 0. The maximum absolute atomic E-state index is 13.0. The van der Waals surface area contributed by atoms with Crippen molar-refractivity contribution in [3.63, 3.8) is 0 Å². The Morgan fingerprint density at radius 2 is 1.76 bits per heavy atom. The Morgan fingerprint density at radius 1 is 1.14 bits per heavy atom. The molecule has 0 spiro atoms. The van der Waals surface area contributed by atoms with Crippen LogP contribution >= 0.6 is 0 Å². The zero-order valence-corrected chi connectivity index (χ0v) is 12.9. The molecule has 0 aromatic heterocycles. The summed E-state index contributed by atoms with van der Waals surface area (Å²) in [4.78, 5) is 26.4. The molecule has 4 nitrogen and oxygen atoms in total. The van der Waals surface area contributed by atoms with Crippen LogP contribution in [0.25, 0.3) is 0 Å². The second-order valence-electron chi connectivity index (χ2n) is 8.38. The Hall–Kier alpha value is -1.06. The molecular formula is C17H25NO3. The first-order valence-corrected chi connectivity index (χ1v) is 8.45. The van der Waals surface area contributed by atoms with Crippen LogP contribution in [0.1, 0.15) is 46.0 Å². The van der Waals surface area contributed by atoms with Crippen molar-refractivity contribution in [2.75, 3.05) is 6.54 Å². The number of piperidine rings is 1. The van der Waals surface area contributed by atoms with E-state index in [-0.39, 0.29) is 17.2 Å². The molecule has 0 radical (unpaired) electrons. The van der Waals surface area contributed by atoms with Gasteiger partial charge in [0.25, 0.3) is 0 Å². The van der Waals surface area contributed by atoms with Gasteiger partial charge in [-0.05, 0) is 61.2 Å². The zero-order valence-electron chi connectivity index (χ0n) is 12.9. The summed E-state index contributed by atoms with van der Waals surface area (Å²) in [6.07, 6.45) is 5.73. The summed E-state index contributed by atoms with van der Waals surface area (Å²) in [6, 6.07) is -0.641. The molecule has 4 rings (SSSR count). The third-order valence-corrected chi connectivity index (χ3v) is 6.81. The SMILES string of the molecule is CC1(C)CCCN(C(=O)C2C3C4CCC(C4)C23)C1C(=O)O. The third kappa shape index (κ3) is 1.80. The van der Waals surface area contributed by atoms with Crippen molar-refractivity contribution in [3.8, 4) is 0 Å². The minimum absolute atomic E-state index is 0.154. The van der Waals surface area contributed by atoms with E-state index in [1.54, 1.807) is 4.90 Å². The third-order valence-electron chi connectivity index (χ3n) is 6.81. The molecule has 116 valence electrons. The van der Waals surface area contributed by atoms with Crippen LogP contribution in [0, 0.1) is 35.0 Å². The fourth-order valence-corrected chi connectivity index (χ4v) is 5.94. The molecule has 2 bridgehead atoms. The van der Waals surface area contributed by atoms with Crippen molar-refractivity contribution in [2.45, 2.75) is 52.0 Å². The van der Waals surface area contributed by atoms with Crippen molar-refractivity contribution in [1.29, 1.82) is 0 Å². The van der Waals surface area contributed by atoms with Crippen LogP contribution in [0.3, 0.4) is 0 Å². The Labute approximate surface area is 125 Å². The number of nitrogens with zero attached hydrogens (tertiary/aromatic N) is 1. The van der Waals surface area contributed by atoms with E-state index in [4.69, 9.17) is 0 Å². The maximum Gasteiger partial charge on any atom is 0.326 e. The number of aliphatic carboxylic acids is 1. The summed E-state index contributed by atoms with van der Waals surface area (Å²) >= 11 is 0. The molecule has 4 aliphatic rings. The number of likely N-dealkylation sites (tertiary alicyclic amines) is 1. The van der Waals surface area contributed by atoms with E-state index < -0.39 is 12.0 Å². The van der Waals surface area contributed by atoms with Gasteiger partial charge in [-0.25, -0.2) is 4.79 Å². The number of carbonyl (C=O) groups is 2. The Bertz CT molecular complexity index is 484. The second kappa shape index (κ2) is 4.23.